The quantitative estimate of drug-likeness (QED) is 0.585. The highest BCUT2D eigenvalue weighted by molar-refractivity contribution is 7.92. The van der Waals surface area contributed by atoms with Gasteiger partial charge < -0.3 is 9.84 Å². The molecule has 0 saturated heterocycles. The van der Waals surface area contributed by atoms with Crippen LogP contribution in [0.4, 0.5) is 24.5 Å². The van der Waals surface area contributed by atoms with E-state index in [1.54, 1.807) is 13.8 Å². The highest BCUT2D eigenvalue weighted by Crippen LogP contribution is 2.31. The molecule has 11 heteroatoms. The summed E-state index contributed by atoms with van der Waals surface area (Å²) in [5.41, 5.74) is 0.125. The fraction of sp³-hybridized carbons (Fsp3) is 0.200. The number of aryl methyl sites for hydroxylation is 3. The van der Waals surface area contributed by atoms with Gasteiger partial charge in [-0.25, -0.2) is 8.42 Å². The number of anilines is 2. The number of nitrogens with one attached hydrogen (secondary N) is 2. The zero-order valence-corrected chi connectivity index (χ0v) is 17.5. The molecule has 1 heterocycles. The molecule has 0 radical (unpaired) electrons. The smallest absolute Gasteiger partial charge is 0.361 e. The Morgan fingerprint density at radius 2 is 1.74 bits per heavy atom. The molecule has 1 amide bonds. The first-order valence-electron chi connectivity index (χ1n) is 8.93. The van der Waals surface area contributed by atoms with Crippen molar-refractivity contribution in [2.75, 3.05) is 10.0 Å². The summed E-state index contributed by atoms with van der Waals surface area (Å²) >= 11 is 0. The SMILES string of the molecule is Cc1cc(NC(=O)c2c(C)noc2C)ccc1S(=O)(=O)Nc1cccc(C(F)(F)F)c1. The third-order valence-electron chi connectivity index (χ3n) is 4.42. The van der Waals surface area contributed by atoms with Crippen LogP contribution in [0, 0.1) is 20.8 Å². The predicted octanol–water partition coefficient (Wildman–Crippen LogP) is 4.67. The molecule has 164 valence electrons. The van der Waals surface area contributed by atoms with Crippen LogP contribution in [0.15, 0.2) is 51.9 Å². The molecular formula is C20H18F3N3O4S. The van der Waals surface area contributed by atoms with E-state index in [2.05, 4.69) is 15.2 Å². The van der Waals surface area contributed by atoms with Crippen molar-refractivity contribution in [1.82, 2.24) is 5.16 Å². The molecule has 0 atom stereocenters. The third-order valence-corrected chi connectivity index (χ3v) is 5.97. The van der Waals surface area contributed by atoms with Gasteiger partial charge in [0, 0.05) is 11.4 Å². The molecule has 0 unspecified atom stereocenters. The number of hydrogen-bond donors (Lipinski definition) is 2. The van der Waals surface area contributed by atoms with E-state index in [1.165, 1.54) is 31.2 Å². The number of halogens is 3. The minimum absolute atomic E-state index is 0.139. The molecule has 31 heavy (non-hydrogen) atoms. The molecule has 2 aromatic carbocycles. The van der Waals surface area contributed by atoms with Gasteiger partial charge in [-0.3, -0.25) is 9.52 Å². The van der Waals surface area contributed by atoms with Gasteiger partial charge in [0.05, 0.1) is 16.2 Å². The highest BCUT2D eigenvalue weighted by Gasteiger charge is 2.31. The van der Waals surface area contributed by atoms with E-state index in [9.17, 15) is 26.4 Å². The molecule has 1 aromatic heterocycles. The molecular weight excluding hydrogens is 435 g/mol. The second-order valence-electron chi connectivity index (χ2n) is 6.82. The molecule has 7 nitrogen and oxygen atoms in total. The van der Waals surface area contributed by atoms with Crippen molar-refractivity contribution < 1.29 is 30.9 Å². The van der Waals surface area contributed by atoms with E-state index < -0.39 is 27.7 Å². The maximum Gasteiger partial charge on any atom is 0.416 e. The molecule has 0 fully saturated rings. The van der Waals surface area contributed by atoms with Crippen LogP contribution in [-0.2, 0) is 16.2 Å². The summed E-state index contributed by atoms with van der Waals surface area (Å²) in [6, 6.07) is 7.97. The largest absolute Gasteiger partial charge is 0.416 e. The van der Waals surface area contributed by atoms with Crippen molar-refractivity contribution >= 4 is 27.3 Å². The average molecular weight is 453 g/mol. The van der Waals surface area contributed by atoms with Crippen LogP contribution in [0.3, 0.4) is 0 Å². The first-order chi connectivity index (χ1) is 14.4. The van der Waals surface area contributed by atoms with E-state index >= 15 is 0 Å². The zero-order valence-electron chi connectivity index (χ0n) is 16.7. The Kier molecular flexibility index (Phi) is 5.81. The minimum Gasteiger partial charge on any atom is -0.361 e. The summed E-state index contributed by atoms with van der Waals surface area (Å²) in [5.74, 6) is -0.121. The average Bonchev–Trinajstić information content (AvgIpc) is 2.99. The summed E-state index contributed by atoms with van der Waals surface area (Å²) in [7, 11) is -4.16. The van der Waals surface area contributed by atoms with Crippen LogP contribution in [0.25, 0.3) is 0 Å². The fourth-order valence-corrected chi connectivity index (χ4v) is 4.28. The van der Waals surface area contributed by atoms with Crippen LogP contribution >= 0.6 is 0 Å². The van der Waals surface area contributed by atoms with Gasteiger partial charge >= 0.3 is 6.18 Å². The van der Waals surface area contributed by atoms with Crippen LogP contribution in [0.2, 0.25) is 0 Å². The molecule has 3 aromatic rings. The van der Waals surface area contributed by atoms with Crippen LogP contribution < -0.4 is 10.0 Å². The summed E-state index contributed by atoms with van der Waals surface area (Å²) in [6.45, 7) is 4.72. The number of sulfonamides is 1. The Morgan fingerprint density at radius 3 is 2.32 bits per heavy atom. The van der Waals surface area contributed by atoms with Gasteiger partial charge in [0.25, 0.3) is 15.9 Å². The number of carbonyl (C=O) groups is 1. The molecule has 0 spiro atoms. The number of benzene rings is 2. The normalized spacial score (nSPS) is 11.9. The molecule has 0 aliphatic rings. The fourth-order valence-electron chi connectivity index (χ4n) is 3.00. The van der Waals surface area contributed by atoms with Crippen LogP contribution in [0.1, 0.15) is 32.9 Å². The van der Waals surface area contributed by atoms with E-state index in [0.29, 0.717) is 23.2 Å². The highest BCUT2D eigenvalue weighted by atomic mass is 32.2. The summed E-state index contributed by atoms with van der Waals surface area (Å²) < 4.78 is 71.1. The number of amides is 1. The predicted molar refractivity (Wildman–Crippen MR) is 107 cm³/mol. The minimum atomic E-state index is -4.60. The summed E-state index contributed by atoms with van der Waals surface area (Å²) in [5, 5.41) is 6.35. The molecule has 0 saturated carbocycles. The van der Waals surface area contributed by atoms with Gasteiger partial charge in [-0.05, 0) is 62.7 Å². The zero-order chi connectivity index (χ0) is 23.0. The number of aromatic nitrogens is 1. The Morgan fingerprint density at radius 1 is 1.03 bits per heavy atom. The van der Waals surface area contributed by atoms with Crippen molar-refractivity contribution in [1.29, 1.82) is 0 Å². The summed E-state index contributed by atoms with van der Waals surface area (Å²) in [6.07, 6.45) is -4.60. The van der Waals surface area contributed by atoms with E-state index in [1.807, 2.05) is 0 Å². The monoisotopic (exact) mass is 453 g/mol. The lowest BCUT2D eigenvalue weighted by molar-refractivity contribution is -0.137. The number of carbonyl (C=O) groups excluding carboxylic acids is 1. The van der Waals surface area contributed by atoms with Gasteiger partial charge in [0.2, 0.25) is 0 Å². The molecule has 3 rings (SSSR count). The van der Waals surface area contributed by atoms with Crippen molar-refractivity contribution in [3.63, 3.8) is 0 Å². The van der Waals surface area contributed by atoms with Gasteiger partial charge in [-0.1, -0.05) is 11.2 Å². The second-order valence-corrected chi connectivity index (χ2v) is 8.47. The number of nitrogens with zero attached hydrogens (tertiary/aromatic N) is 1. The second kappa shape index (κ2) is 8.06. The lowest BCUT2D eigenvalue weighted by Crippen LogP contribution is -2.16. The standard InChI is InChI=1S/C20H18F3N3O4S/c1-11-9-15(24-19(27)18-12(2)25-30-13(18)3)7-8-17(11)31(28,29)26-16-6-4-5-14(10-16)20(21,22)23/h4-10,26H,1-3H3,(H,24,27). The molecule has 0 aliphatic heterocycles. The third kappa shape index (κ3) is 4.88. The lowest BCUT2D eigenvalue weighted by atomic mass is 10.1. The number of alkyl halides is 3. The van der Waals surface area contributed by atoms with Gasteiger partial charge in [0.15, 0.2) is 0 Å². The van der Waals surface area contributed by atoms with E-state index in [-0.39, 0.29) is 21.7 Å². The van der Waals surface area contributed by atoms with Gasteiger partial charge in [-0.15, -0.1) is 0 Å². The first-order valence-corrected chi connectivity index (χ1v) is 10.4. The van der Waals surface area contributed by atoms with Crippen molar-refractivity contribution in [3.05, 3.63) is 70.6 Å². The maximum atomic E-state index is 12.9. The van der Waals surface area contributed by atoms with Gasteiger partial charge in [0.1, 0.15) is 11.3 Å². The lowest BCUT2D eigenvalue weighted by Gasteiger charge is -2.13. The maximum absolute atomic E-state index is 12.9. The van der Waals surface area contributed by atoms with Crippen molar-refractivity contribution in [2.45, 2.75) is 31.8 Å². The summed E-state index contributed by atoms with van der Waals surface area (Å²) in [4.78, 5) is 12.3. The number of hydrogen-bond acceptors (Lipinski definition) is 5. The molecule has 2 N–H and O–H groups in total. The van der Waals surface area contributed by atoms with Crippen LogP contribution in [-0.4, -0.2) is 19.5 Å². The molecule has 0 aliphatic carbocycles. The molecule has 0 bridgehead atoms. The van der Waals surface area contributed by atoms with Crippen molar-refractivity contribution in [2.24, 2.45) is 0 Å². The topological polar surface area (TPSA) is 101 Å². The van der Waals surface area contributed by atoms with Crippen molar-refractivity contribution in [3.8, 4) is 0 Å². The van der Waals surface area contributed by atoms with Crippen LogP contribution in [0.5, 0.6) is 0 Å². The van der Waals surface area contributed by atoms with E-state index in [4.69, 9.17) is 4.52 Å². The Hall–Kier alpha value is -3.34. The van der Waals surface area contributed by atoms with E-state index in [0.717, 1.165) is 12.1 Å². The first kappa shape index (κ1) is 22.3. The Labute approximate surface area is 176 Å². The Bertz CT molecular complexity index is 1230. The number of rotatable bonds is 5. The van der Waals surface area contributed by atoms with Gasteiger partial charge in [-0.2, -0.15) is 13.2 Å². The Balaban J connectivity index is 1.83.